The van der Waals surface area contributed by atoms with Gasteiger partial charge in [0.2, 0.25) is 0 Å². The predicted octanol–water partition coefficient (Wildman–Crippen LogP) is 5.75. The van der Waals surface area contributed by atoms with Gasteiger partial charge in [-0.05, 0) is 48.1 Å². The summed E-state index contributed by atoms with van der Waals surface area (Å²) in [6, 6.07) is 27.9. The minimum atomic E-state index is -0.132. The summed E-state index contributed by atoms with van der Waals surface area (Å²) in [5, 5.41) is 12.9. The number of nitrogens with one attached hydrogen (secondary N) is 2. The van der Waals surface area contributed by atoms with Crippen molar-refractivity contribution < 1.29 is 0 Å². The van der Waals surface area contributed by atoms with Gasteiger partial charge in [0.25, 0.3) is 0 Å². The van der Waals surface area contributed by atoms with Gasteiger partial charge in [0.1, 0.15) is 0 Å². The monoisotopic (exact) mass is 442 g/mol. The fourth-order valence-electron chi connectivity index (χ4n) is 3.66. The average molecular weight is 443 g/mol. The van der Waals surface area contributed by atoms with Gasteiger partial charge in [-0.1, -0.05) is 72.3 Å². The zero-order chi connectivity index (χ0) is 21.2. The molecule has 0 radical (unpaired) electrons. The van der Waals surface area contributed by atoms with Crippen LogP contribution in [0.2, 0.25) is 5.02 Å². The highest BCUT2D eigenvalue weighted by molar-refractivity contribution is 7.80. The summed E-state index contributed by atoms with van der Waals surface area (Å²) in [5.41, 5.74) is 5.96. The molecular weight excluding hydrogens is 424 g/mol. The average Bonchev–Trinajstić information content (AvgIpc) is 3.26. The van der Waals surface area contributed by atoms with Crippen LogP contribution >= 0.6 is 23.8 Å². The van der Waals surface area contributed by atoms with E-state index in [9.17, 15) is 0 Å². The lowest BCUT2D eigenvalue weighted by molar-refractivity contribution is 0.766. The van der Waals surface area contributed by atoms with E-state index in [0.29, 0.717) is 10.1 Å². The number of nitrogens with zero attached hydrogens (tertiary/aromatic N) is 2. The first-order valence-corrected chi connectivity index (χ1v) is 10.7. The van der Waals surface area contributed by atoms with Gasteiger partial charge in [-0.2, -0.15) is 5.10 Å². The topological polar surface area (TPSA) is 41.9 Å². The molecular formula is C25H19ClN4S. The van der Waals surface area contributed by atoms with Crippen molar-refractivity contribution in [2.24, 2.45) is 0 Å². The van der Waals surface area contributed by atoms with Gasteiger partial charge in [-0.15, -0.1) is 0 Å². The summed E-state index contributed by atoms with van der Waals surface area (Å²) < 4.78 is 1.90. The molecule has 0 bridgehead atoms. The van der Waals surface area contributed by atoms with Crippen LogP contribution in [0, 0.1) is 0 Å². The largest absolute Gasteiger partial charge is 0.352 e. The summed E-state index contributed by atoms with van der Waals surface area (Å²) in [5.74, 6) is 0. The van der Waals surface area contributed by atoms with Crippen LogP contribution in [-0.4, -0.2) is 14.9 Å². The van der Waals surface area contributed by atoms with E-state index in [4.69, 9.17) is 28.9 Å². The first-order chi connectivity index (χ1) is 15.2. The number of hydrogen-bond donors (Lipinski definition) is 2. The first kappa shape index (κ1) is 19.5. The highest BCUT2D eigenvalue weighted by Gasteiger charge is 2.24. The second kappa shape index (κ2) is 8.38. The van der Waals surface area contributed by atoms with Crippen LogP contribution < -0.4 is 10.6 Å². The molecule has 4 nitrogen and oxygen atoms in total. The van der Waals surface area contributed by atoms with Gasteiger partial charge in [-0.25, -0.2) is 4.68 Å². The fraction of sp³-hybridized carbons (Fsp3) is 0.0400. The molecule has 5 rings (SSSR count). The third-order valence-corrected chi connectivity index (χ3v) is 5.64. The third kappa shape index (κ3) is 4.10. The molecule has 4 aromatic rings. The molecule has 0 unspecified atom stereocenters. The maximum atomic E-state index is 6.12. The molecule has 1 aliphatic rings. The van der Waals surface area contributed by atoms with Crippen LogP contribution in [0.25, 0.3) is 22.6 Å². The number of rotatable bonds is 4. The Morgan fingerprint density at radius 2 is 1.52 bits per heavy atom. The number of hydrogen-bond acceptors (Lipinski definition) is 2. The number of para-hydroxylation sites is 1. The van der Waals surface area contributed by atoms with Gasteiger partial charge in [0, 0.05) is 28.0 Å². The van der Waals surface area contributed by atoms with Crippen molar-refractivity contribution in [1.29, 1.82) is 0 Å². The molecule has 0 saturated carbocycles. The highest BCUT2D eigenvalue weighted by atomic mass is 35.5. The molecule has 0 spiro atoms. The van der Waals surface area contributed by atoms with Crippen LogP contribution in [0.4, 0.5) is 0 Å². The Labute approximate surface area is 191 Å². The van der Waals surface area contributed by atoms with E-state index < -0.39 is 0 Å². The standard InChI is InChI=1S/C25H19ClN4S/c26-19-13-11-18(12-14-19)24-21(16-30(29-24)20-9-5-2-6-10-20)23-15-22(27-25(31)28-23)17-7-3-1-4-8-17/h1-16,23H,(H2,27,28,31)/t23-/m0/s1. The maximum Gasteiger partial charge on any atom is 0.171 e. The smallest absolute Gasteiger partial charge is 0.171 e. The van der Waals surface area contributed by atoms with Crippen molar-refractivity contribution in [1.82, 2.24) is 20.4 Å². The lowest BCUT2D eigenvalue weighted by Crippen LogP contribution is -2.40. The van der Waals surface area contributed by atoms with Crippen LogP contribution in [-0.2, 0) is 0 Å². The quantitative estimate of drug-likeness (QED) is 0.395. The van der Waals surface area contributed by atoms with Crippen molar-refractivity contribution in [2.75, 3.05) is 0 Å². The number of benzene rings is 3. The molecule has 1 aliphatic heterocycles. The summed E-state index contributed by atoms with van der Waals surface area (Å²) in [7, 11) is 0. The van der Waals surface area contributed by atoms with E-state index in [1.54, 1.807) is 0 Å². The van der Waals surface area contributed by atoms with E-state index in [1.807, 2.05) is 77.5 Å². The summed E-state index contributed by atoms with van der Waals surface area (Å²) in [6.45, 7) is 0. The Morgan fingerprint density at radius 1 is 0.839 bits per heavy atom. The Kier molecular flexibility index (Phi) is 5.28. The number of aromatic nitrogens is 2. The molecule has 0 amide bonds. The van der Waals surface area contributed by atoms with E-state index in [0.717, 1.165) is 33.8 Å². The Hall–Kier alpha value is -3.41. The molecule has 0 aliphatic carbocycles. The van der Waals surface area contributed by atoms with Gasteiger partial charge in [0.15, 0.2) is 5.11 Å². The second-order valence-corrected chi connectivity index (χ2v) is 8.09. The van der Waals surface area contributed by atoms with Crippen LogP contribution in [0.15, 0.2) is 97.2 Å². The van der Waals surface area contributed by atoms with Crippen molar-refractivity contribution in [3.8, 4) is 16.9 Å². The van der Waals surface area contributed by atoms with Crippen LogP contribution in [0.3, 0.4) is 0 Å². The van der Waals surface area contributed by atoms with E-state index in [1.165, 1.54) is 0 Å². The minimum Gasteiger partial charge on any atom is -0.352 e. The summed E-state index contributed by atoms with van der Waals surface area (Å²) >= 11 is 11.7. The Morgan fingerprint density at radius 3 is 2.23 bits per heavy atom. The van der Waals surface area contributed by atoms with Gasteiger partial charge < -0.3 is 10.6 Å². The first-order valence-electron chi connectivity index (χ1n) is 9.93. The van der Waals surface area contributed by atoms with E-state index in [-0.39, 0.29) is 6.04 Å². The van der Waals surface area contributed by atoms with Crippen molar-refractivity contribution in [3.63, 3.8) is 0 Å². The molecule has 1 atom stereocenters. The van der Waals surface area contributed by atoms with Crippen molar-refractivity contribution in [3.05, 3.63) is 113 Å². The van der Waals surface area contributed by atoms with E-state index >= 15 is 0 Å². The summed E-state index contributed by atoms with van der Waals surface area (Å²) in [4.78, 5) is 0. The molecule has 2 N–H and O–H groups in total. The lowest BCUT2D eigenvalue weighted by atomic mass is 9.99. The molecule has 1 aromatic heterocycles. The summed E-state index contributed by atoms with van der Waals surface area (Å²) in [6.07, 6.45) is 4.21. The minimum absolute atomic E-state index is 0.132. The van der Waals surface area contributed by atoms with Gasteiger partial charge in [-0.3, -0.25) is 0 Å². The van der Waals surface area contributed by atoms with E-state index in [2.05, 4.69) is 35.0 Å². The maximum absolute atomic E-state index is 6.12. The molecule has 0 saturated heterocycles. The highest BCUT2D eigenvalue weighted by Crippen LogP contribution is 2.32. The predicted molar refractivity (Wildman–Crippen MR) is 130 cm³/mol. The number of halogens is 1. The normalized spacial score (nSPS) is 15.7. The molecule has 2 heterocycles. The Balaban J connectivity index is 1.64. The van der Waals surface area contributed by atoms with Crippen LogP contribution in [0.5, 0.6) is 0 Å². The molecule has 3 aromatic carbocycles. The third-order valence-electron chi connectivity index (χ3n) is 5.17. The fourth-order valence-corrected chi connectivity index (χ4v) is 4.03. The molecule has 6 heteroatoms. The molecule has 31 heavy (non-hydrogen) atoms. The van der Waals surface area contributed by atoms with Gasteiger partial charge >= 0.3 is 0 Å². The van der Waals surface area contributed by atoms with Gasteiger partial charge in [0.05, 0.1) is 17.4 Å². The molecule has 152 valence electrons. The second-order valence-electron chi connectivity index (χ2n) is 7.24. The molecule has 0 fully saturated rings. The van der Waals surface area contributed by atoms with Crippen molar-refractivity contribution in [2.45, 2.75) is 6.04 Å². The lowest BCUT2D eigenvalue weighted by Gasteiger charge is -2.26. The van der Waals surface area contributed by atoms with Crippen molar-refractivity contribution >= 4 is 34.6 Å². The SMILES string of the molecule is S=C1NC(c2ccccc2)=C[C@@H](c2cn(-c3ccccc3)nc2-c2ccc(Cl)cc2)N1. The number of thiocarbonyl (C=S) groups is 1. The Bertz CT molecular complexity index is 1250. The van der Waals surface area contributed by atoms with Crippen LogP contribution in [0.1, 0.15) is 17.2 Å². The zero-order valence-electron chi connectivity index (χ0n) is 16.5. The zero-order valence-corrected chi connectivity index (χ0v) is 18.1.